The van der Waals surface area contributed by atoms with Gasteiger partial charge >= 0.3 is 0 Å². The molecule has 2 aromatic carbocycles. The predicted octanol–water partition coefficient (Wildman–Crippen LogP) is 3.51. The number of allylic oxidation sites excluding steroid dienone is 1. The molecule has 0 heterocycles. The summed E-state index contributed by atoms with van der Waals surface area (Å²) in [6, 6.07) is 18.6. The third-order valence-electron chi connectivity index (χ3n) is 3.23. The quantitative estimate of drug-likeness (QED) is 0.820. The van der Waals surface area contributed by atoms with E-state index in [-0.39, 0.29) is 0 Å². The molecule has 88 valence electrons. The summed E-state index contributed by atoms with van der Waals surface area (Å²) in [4.78, 5) is 0.932. The second-order valence-corrected chi connectivity index (χ2v) is 4.65. The summed E-state index contributed by atoms with van der Waals surface area (Å²) in [5, 5.41) is 3.29. The van der Waals surface area contributed by atoms with E-state index in [0.717, 1.165) is 21.7 Å². The molecule has 18 heavy (non-hydrogen) atoms. The van der Waals surface area contributed by atoms with Gasteiger partial charge in [0.15, 0.2) is 0 Å². The lowest BCUT2D eigenvalue weighted by atomic mass is 10.0. The maximum Gasteiger partial charge on any atom is 0.0555 e. The van der Waals surface area contributed by atoms with Crippen LogP contribution in [-0.2, 0) is 0 Å². The Kier molecular flexibility index (Phi) is 2.73. The molecule has 2 aromatic rings. The molecule has 0 spiro atoms. The van der Waals surface area contributed by atoms with E-state index < -0.39 is 0 Å². The minimum atomic E-state index is 0.932. The molecule has 1 N–H and O–H groups in total. The molecule has 0 saturated heterocycles. The minimum absolute atomic E-state index is 0.932. The van der Waals surface area contributed by atoms with Gasteiger partial charge in [0.05, 0.1) is 10.6 Å². The first kappa shape index (κ1) is 11.2. The molecule has 3 rings (SSSR count). The molecule has 0 atom stereocenters. The number of hydrogen-bond donors (Lipinski definition) is 1. The average Bonchev–Trinajstić information content (AvgIpc) is 2.73. The fraction of sp³-hybridized carbons (Fsp3) is 0.0625. The molecule has 0 unspecified atom stereocenters. The predicted molar refractivity (Wildman–Crippen MR) is 80.5 cm³/mol. The molecule has 0 amide bonds. The molecule has 0 bridgehead atoms. The number of rotatable bonds is 2. The molecule has 0 radical (unpaired) electrons. The van der Waals surface area contributed by atoms with E-state index in [2.05, 4.69) is 29.6 Å². The molecule has 1 aliphatic rings. The second-order valence-electron chi connectivity index (χ2n) is 4.24. The minimum Gasteiger partial charge on any atom is -0.387 e. The summed E-state index contributed by atoms with van der Waals surface area (Å²) in [7, 11) is 1.95. The Balaban J connectivity index is 2.24. The van der Waals surface area contributed by atoms with E-state index >= 15 is 0 Å². The van der Waals surface area contributed by atoms with Crippen molar-refractivity contribution >= 4 is 28.4 Å². The zero-order valence-electron chi connectivity index (χ0n) is 10.1. The van der Waals surface area contributed by atoms with Crippen LogP contribution in [0.1, 0.15) is 16.7 Å². The summed E-state index contributed by atoms with van der Waals surface area (Å²) in [5.41, 5.74) is 5.78. The smallest absolute Gasteiger partial charge is 0.0555 e. The highest BCUT2D eigenvalue weighted by molar-refractivity contribution is 7.82. The van der Waals surface area contributed by atoms with Crippen LogP contribution >= 0.6 is 12.2 Å². The maximum absolute atomic E-state index is 5.62. The van der Waals surface area contributed by atoms with Gasteiger partial charge < -0.3 is 5.32 Å². The first-order valence-corrected chi connectivity index (χ1v) is 6.35. The second kappa shape index (κ2) is 4.39. The van der Waals surface area contributed by atoms with E-state index in [0.29, 0.717) is 0 Å². The van der Waals surface area contributed by atoms with Crippen LogP contribution in [0.4, 0.5) is 0 Å². The van der Waals surface area contributed by atoms with Crippen LogP contribution in [0.3, 0.4) is 0 Å². The van der Waals surface area contributed by atoms with Crippen molar-refractivity contribution in [3.05, 3.63) is 71.3 Å². The largest absolute Gasteiger partial charge is 0.387 e. The van der Waals surface area contributed by atoms with E-state index in [4.69, 9.17) is 12.2 Å². The summed E-state index contributed by atoms with van der Waals surface area (Å²) >= 11 is 5.62. The van der Waals surface area contributed by atoms with E-state index in [1.807, 2.05) is 37.4 Å². The number of hydrogen-bond acceptors (Lipinski definition) is 2. The Bertz CT molecular complexity index is 641. The zero-order valence-corrected chi connectivity index (χ0v) is 10.9. The van der Waals surface area contributed by atoms with Crippen molar-refractivity contribution in [1.82, 2.24) is 5.32 Å². The van der Waals surface area contributed by atoms with Crippen LogP contribution in [0.25, 0.3) is 11.3 Å². The fourth-order valence-corrected chi connectivity index (χ4v) is 2.82. The van der Waals surface area contributed by atoms with Gasteiger partial charge in [0.2, 0.25) is 0 Å². The topological polar surface area (TPSA) is 12.0 Å². The molecule has 2 heteroatoms. The van der Waals surface area contributed by atoms with Crippen molar-refractivity contribution in [2.24, 2.45) is 0 Å². The van der Waals surface area contributed by atoms with Crippen LogP contribution in [0, 0.1) is 0 Å². The van der Waals surface area contributed by atoms with Gasteiger partial charge in [-0.25, -0.2) is 0 Å². The molecule has 1 aliphatic carbocycles. The Labute approximate surface area is 112 Å². The molecule has 1 nitrogen and oxygen atoms in total. The van der Waals surface area contributed by atoms with Gasteiger partial charge in [0, 0.05) is 23.7 Å². The first-order valence-electron chi connectivity index (χ1n) is 5.94. The average molecular weight is 251 g/mol. The summed E-state index contributed by atoms with van der Waals surface area (Å²) < 4.78 is 0. The molecular formula is C16H13NS. The van der Waals surface area contributed by atoms with E-state index in [1.54, 1.807) is 0 Å². The highest BCUT2D eigenvalue weighted by Gasteiger charge is 2.26. The van der Waals surface area contributed by atoms with Crippen molar-refractivity contribution in [3.8, 4) is 0 Å². The van der Waals surface area contributed by atoms with Gasteiger partial charge in [-0.3, -0.25) is 0 Å². The monoisotopic (exact) mass is 251 g/mol. The van der Waals surface area contributed by atoms with Crippen LogP contribution < -0.4 is 5.32 Å². The van der Waals surface area contributed by atoms with E-state index in [9.17, 15) is 0 Å². The molecule has 0 aliphatic heterocycles. The highest BCUT2D eigenvalue weighted by atomic mass is 32.1. The fourth-order valence-electron chi connectivity index (χ4n) is 2.42. The molecular weight excluding hydrogens is 238 g/mol. The lowest BCUT2D eigenvalue weighted by Crippen LogP contribution is -2.05. The molecule has 0 fully saturated rings. The van der Waals surface area contributed by atoms with Crippen LogP contribution in [0.5, 0.6) is 0 Å². The summed E-state index contributed by atoms with van der Waals surface area (Å²) in [6.07, 6.45) is 0. The van der Waals surface area contributed by atoms with Crippen molar-refractivity contribution in [1.29, 1.82) is 0 Å². The zero-order chi connectivity index (χ0) is 12.5. The van der Waals surface area contributed by atoms with E-state index in [1.165, 1.54) is 11.1 Å². The van der Waals surface area contributed by atoms with Crippen molar-refractivity contribution in [3.63, 3.8) is 0 Å². The number of thiocarbonyl (C=S) groups is 1. The third kappa shape index (κ3) is 1.57. The SMILES string of the molecule is CNC1=C(c2ccccc2)C(=S)c2ccccc21. The summed E-state index contributed by atoms with van der Waals surface area (Å²) in [6.45, 7) is 0. The Morgan fingerprint density at radius 1 is 0.833 bits per heavy atom. The molecule has 0 saturated carbocycles. The van der Waals surface area contributed by atoms with Gasteiger partial charge in [0.1, 0.15) is 0 Å². The number of benzene rings is 2. The van der Waals surface area contributed by atoms with Crippen molar-refractivity contribution in [2.75, 3.05) is 7.05 Å². The highest BCUT2D eigenvalue weighted by Crippen LogP contribution is 2.36. The van der Waals surface area contributed by atoms with Gasteiger partial charge in [-0.1, -0.05) is 66.8 Å². The maximum atomic E-state index is 5.62. The Hall–Kier alpha value is -1.93. The normalized spacial score (nSPS) is 13.7. The van der Waals surface area contributed by atoms with Gasteiger partial charge in [-0.15, -0.1) is 0 Å². The lowest BCUT2D eigenvalue weighted by molar-refractivity contribution is 1.13. The van der Waals surface area contributed by atoms with Crippen LogP contribution in [-0.4, -0.2) is 11.9 Å². The van der Waals surface area contributed by atoms with Crippen molar-refractivity contribution < 1.29 is 0 Å². The molecule has 0 aromatic heterocycles. The third-order valence-corrected chi connectivity index (χ3v) is 3.65. The lowest BCUT2D eigenvalue weighted by Gasteiger charge is -2.07. The van der Waals surface area contributed by atoms with Crippen molar-refractivity contribution in [2.45, 2.75) is 0 Å². The van der Waals surface area contributed by atoms with Crippen LogP contribution in [0.15, 0.2) is 54.6 Å². The summed E-state index contributed by atoms with van der Waals surface area (Å²) in [5.74, 6) is 0. The first-order chi connectivity index (χ1) is 8.83. The van der Waals surface area contributed by atoms with Gasteiger partial charge in [-0.05, 0) is 5.56 Å². The Morgan fingerprint density at radius 3 is 2.11 bits per heavy atom. The number of fused-ring (bicyclic) bond motifs is 1. The van der Waals surface area contributed by atoms with Gasteiger partial charge in [-0.2, -0.15) is 0 Å². The van der Waals surface area contributed by atoms with Crippen LogP contribution in [0.2, 0.25) is 0 Å². The van der Waals surface area contributed by atoms with Gasteiger partial charge in [0.25, 0.3) is 0 Å². The Morgan fingerprint density at radius 2 is 1.44 bits per heavy atom. The standard InChI is InChI=1S/C16H13NS/c1-17-15-12-9-5-6-10-13(12)16(18)14(15)11-7-3-2-4-8-11/h2-10,17H,1H3. The number of nitrogens with one attached hydrogen (secondary N) is 1.